The summed E-state index contributed by atoms with van der Waals surface area (Å²) in [5.41, 5.74) is 1.16. The van der Waals surface area contributed by atoms with Crippen molar-refractivity contribution in [1.82, 2.24) is 4.90 Å². The van der Waals surface area contributed by atoms with Crippen LogP contribution in [0.5, 0.6) is 5.75 Å². The highest BCUT2D eigenvalue weighted by Gasteiger charge is 2.49. The van der Waals surface area contributed by atoms with E-state index in [0.29, 0.717) is 21.4 Å². The Morgan fingerprint density at radius 1 is 1.07 bits per heavy atom. The number of Topliss-reactive ketones (excluding diaryl/α,β-unsaturated/α-hetero) is 1. The van der Waals surface area contributed by atoms with Crippen LogP contribution in [0.15, 0.2) is 48.0 Å². The molecule has 2 fully saturated rings. The Hall–Kier alpha value is -2.50. The van der Waals surface area contributed by atoms with E-state index in [2.05, 4.69) is 0 Å². The number of carbonyl (C=O) groups excluding carboxylic acids is 2. The van der Waals surface area contributed by atoms with Gasteiger partial charge in [0.25, 0.3) is 11.7 Å². The SMILES string of the molecule is COc1cc(/C(O)=C2/C(=O)C(=O)N(C3CCCC3)C2c2ccc(Cl)cc2)ccc1Cl. The number of rotatable bonds is 4. The molecule has 1 saturated carbocycles. The molecular formula is C23H21Cl2NO4. The summed E-state index contributed by atoms with van der Waals surface area (Å²) < 4.78 is 5.23. The monoisotopic (exact) mass is 445 g/mol. The maximum absolute atomic E-state index is 13.1. The quantitative estimate of drug-likeness (QED) is 0.390. The van der Waals surface area contributed by atoms with Crippen molar-refractivity contribution in [3.63, 3.8) is 0 Å². The second-order valence-corrected chi connectivity index (χ2v) is 8.39. The zero-order valence-corrected chi connectivity index (χ0v) is 17.9. The molecule has 0 spiro atoms. The molecule has 4 rings (SSSR count). The Bertz CT molecular complexity index is 1030. The molecule has 1 amide bonds. The van der Waals surface area contributed by atoms with E-state index in [1.54, 1.807) is 47.4 Å². The van der Waals surface area contributed by atoms with E-state index < -0.39 is 17.7 Å². The number of methoxy groups -OCH3 is 1. The van der Waals surface area contributed by atoms with Gasteiger partial charge >= 0.3 is 0 Å². The minimum Gasteiger partial charge on any atom is -0.507 e. The van der Waals surface area contributed by atoms with Crippen molar-refractivity contribution in [2.75, 3.05) is 7.11 Å². The number of benzene rings is 2. The Labute approximate surface area is 184 Å². The minimum absolute atomic E-state index is 0.0350. The average Bonchev–Trinajstić information content (AvgIpc) is 3.35. The molecule has 1 N–H and O–H groups in total. The summed E-state index contributed by atoms with van der Waals surface area (Å²) in [6, 6.07) is 11.0. The molecule has 0 aromatic heterocycles. The number of amides is 1. The van der Waals surface area contributed by atoms with Gasteiger partial charge in [-0.1, -0.05) is 48.2 Å². The minimum atomic E-state index is -0.687. The van der Waals surface area contributed by atoms with Gasteiger partial charge < -0.3 is 14.7 Å². The number of hydrogen-bond donors (Lipinski definition) is 1. The highest BCUT2D eigenvalue weighted by atomic mass is 35.5. The molecule has 0 bridgehead atoms. The summed E-state index contributed by atoms with van der Waals surface area (Å²) in [6.45, 7) is 0. The van der Waals surface area contributed by atoms with Crippen LogP contribution in [0.25, 0.3) is 5.76 Å². The lowest BCUT2D eigenvalue weighted by molar-refractivity contribution is -0.141. The number of aliphatic hydroxyl groups is 1. The smallest absolute Gasteiger partial charge is 0.295 e. The Kier molecular flexibility index (Phi) is 5.76. The third-order valence-electron chi connectivity index (χ3n) is 5.81. The summed E-state index contributed by atoms with van der Waals surface area (Å²) in [5.74, 6) is -1.14. The van der Waals surface area contributed by atoms with Gasteiger partial charge in [0, 0.05) is 16.6 Å². The molecule has 1 atom stereocenters. The van der Waals surface area contributed by atoms with E-state index >= 15 is 0 Å². The Morgan fingerprint density at radius 3 is 2.37 bits per heavy atom. The molecule has 1 heterocycles. The first-order chi connectivity index (χ1) is 14.4. The lowest BCUT2D eigenvalue weighted by Gasteiger charge is -2.30. The zero-order chi connectivity index (χ0) is 21.4. The van der Waals surface area contributed by atoms with Crippen molar-refractivity contribution in [2.45, 2.75) is 37.8 Å². The topological polar surface area (TPSA) is 66.8 Å². The fourth-order valence-electron chi connectivity index (χ4n) is 4.34. The van der Waals surface area contributed by atoms with Gasteiger partial charge in [0.1, 0.15) is 11.5 Å². The summed E-state index contributed by atoms with van der Waals surface area (Å²) >= 11 is 12.1. The molecule has 1 unspecified atom stereocenters. The highest BCUT2D eigenvalue weighted by Crippen LogP contribution is 2.44. The van der Waals surface area contributed by atoms with E-state index in [1.165, 1.54) is 7.11 Å². The predicted octanol–water partition coefficient (Wildman–Crippen LogP) is 5.37. The van der Waals surface area contributed by atoms with Crippen LogP contribution in [0.1, 0.15) is 42.9 Å². The largest absolute Gasteiger partial charge is 0.507 e. The summed E-state index contributed by atoms with van der Waals surface area (Å²) in [4.78, 5) is 27.7. The van der Waals surface area contributed by atoms with Crippen molar-refractivity contribution in [3.8, 4) is 5.75 Å². The fraction of sp³-hybridized carbons (Fsp3) is 0.304. The van der Waals surface area contributed by atoms with Gasteiger partial charge in [0.15, 0.2) is 0 Å². The number of likely N-dealkylation sites (tertiary alicyclic amines) is 1. The van der Waals surface area contributed by atoms with Crippen molar-refractivity contribution < 1.29 is 19.4 Å². The van der Waals surface area contributed by atoms with Crippen LogP contribution in [-0.2, 0) is 9.59 Å². The zero-order valence-electron chi connectivity index (χ0n) is 16.4. The molecule has 0 radical (unpaired) electrons. The molecule has 30 heavy (non-hydrogen) atoms. The van der Waals surface area contributed by atoms with Crippen molar-refractivity contribution in [3.05, 3.63) is 69.2 Å². The average molecular weight is 446 g/mol. The molecular weight excluding hydrogens is 425 g/mol. The first-order valence-corrected chi connectivity index (χ1v) is 10.6. The van der Waals surface area contributed by atoms with Gasteiger partial charge in [-0.25, -0.2) is 0 Å². The number of hydrogen-bond acceptors (Lipinski definition) is 4. The number of ether oxygens (including phenoxy) is 1. The standard InChI is InChI=1S/C23H21Cl2NO4/c1-30-18-12-14(8-11-17(18)25)21(27)19-20(13-6-9-15(24)10-7-13)26(23(29)22(19)28)16-4-2-3-5-16/h6-12,16,20,27H,2-5H2,1H3/b21-19-. The van der Waals surface area contributed by atoms with E-state index in [4.69, 9.17) is 27.9 Å². The molecule has 2 aliphatic rings. The molecule has 2 aromatic carbocycles. The number of halogens is 2. The van der Waals surface area contributed by atoms with E-state index in [1.807, 2.05) is 0 Å². The first kappa shape index (κ1) is 20.8. The molecule has 1 aliphatic heterocycles. The molecule has 1 aliphatic carbocycles. The van der Waals surface area contributed by atoms with E-state index in [9.17, 15) is 14.7 Å². The third-order valence-corrected chi connectivity index (χ3v) is 6.37. The van der Waals surface area contributed by atoms with Crippen molar-refractivity contribution in [2.24, 2.45) is 0 Å². The van der Waals surface area contributed by atoms with Crippen LogP contribution in [0.4, 0.5) is 0 Å². The molecule has 1 saturated heterocycles. The van der Waals surface area contributed by atoms with Gasteiger partial charge in [-0.05, 0) is 48.7 Å². The maximum Gasteiger partial charge on any atom is 0.295 e. The van der Waals surface area contributed by atoms with Gasteiger partial charge in [-0.15, -0.1) is 0 Å². The molecule has 156 valence electrons. The number of ketones is 1. The van der Waals surface area contributed by atoms with Crippen LogP contribution in [-0.4, -0.2) is 34.8 Å². The lowest BCUT2D eigenvalue weighted by Crippen LogP contribution is -2.37. The lowest BCUT2D eigenvalue weighted by atomic mass is 9.94. The predicted molar refractivity (Wildman–Crippen MR) is 116 cm³/mol. The third kappa shape index (κ3) is 3.57. The normalized spacial score (nSPS) is 21.4. The van der Waals surface area contributed by atoms with E-state index in [0.717, 1.165) is 31.2 Å². The summed E-state index contributed by atoms with van der Waals surface area (Å²) in [7, 11) is 1.47. The van der Waals surface area contributed by atoms with Gasteiger partial charge in [0.05, 0.1) is 23.7 Å². The van der Waals surface area contributed by atoms with Gasteiger partial charge in [-0.3, -0.25) is 9.59 Å². The van der Waals surface area contributed by atoms with E-state index in [-0.39, 0.29) is 17.4 Å². The van der Waals surface area contributed by atoms with Crippen LogP contribution < -0.4 is 4.74 Å². The van der Waals surface area contributed by atoms with Crippen LogP contribution >= 0.6 is 23.2 Å². The molecule has 5 nitrogen and oxygen atoms in total. The van der Waals surface area contributed by atoms with Crippen molar-refractivity contribution >= 4 is 40.7 Å². The number of aliphatic hydroxyl groups excluding tert-OH is 1. The van der Waals surface area contributed by atoms with Crippen molar-refractivity contribution in [1.29, 1.82) is 0 Å². The second kappa shape index (κ2) is 8.32. The van der Waals surface area contributed by atoms with Gasteiger partial charge in [-0.2, -0.15) is 0 Å². The van der Waals surface area contributed by atoms with Crippen LogP contribution in [0.2, 0.25) is 10.0 Å². The highest BCUT2D eigenvalue weighted by molar-refractivity contribution is 6.46. The maximum atomic E-state index is 13.1. The molecule has 2 aromatic rings. The van der Waals surface area contributed by atoms with Crippen LogP contribution in [0, 0.1) is 0 Å². The summed E-state index contributed by atoms with van der Waals surface area (Å²) in [6.07, 6.45) is 3.70. The fourth-order valence-corrected chi connectivity index (χ4v) is 4.66. The number of carbonyl (C=O) groups is 2. The number of nitrogens with zero attached hydrogens (tertiary/aromatic N) is 1. The Morgan fingerprint density at radius 2 is 1.73 bits per heavy atom. The van der Waals surface area contributed by atoms with Gasteiger partial charge in [0.2, 0.25) is 0 Å². The first-order valence-electron chi connectivity index (χ1n) is 9.82. The summed E-state index contributed by atoms with van der Waals surface area (Å²) in [5, 5.41) is 12.1. The van der Waals surface area contributed by atoms with Crippen LogP contribution in [0.3, 0.4) is 0 Å². The second-order valence-electron chi connectivity index (χ2n) is 7.55. The Balaban J connectivity index is 1.88. The molecule has 7 heteroatoms.